The molecule has 3 nitrogen and oxygen atoms in total. The topological polar surface area (TPSA) is 57.5 Å². The van der Waals surface area contributed by atoms with Crippen molar-refractivity contribution in [2.24, 2.45) is 0 Å². The molecule has 0 heterocycles. The Morgan fingerprint density at radius 3 is 2.00 bits per heavy atom. The average Bonchev–Trinajstić information content (AvgIpc) is 2.64. The number of rotatable bonds is 20. The molecule has 0 aromatic rings. The lowest BCUT2D eigenvalue weighted by molar-refractivity contribution is -0.137. The quantitative estimate of drug-likeness (QED) is 0.173. The Morgan fingerprint density at radius 1 is 0.778 bits per heavy atom. The van der Waals surface area contributed by atoms with Crippen LogP contribution in [0.3, 0.4) is 0 Å². The second kappa shape index (κ2) is 21.2. The number of hydrogen-bond donors (Lipinski definition) is 2. The zero-order valence-corrected chi connectivity index (χ0v) is 17.7. The van der Waals surface area contributed by atoms with Crippen molar-refractivity contribution in [3.05, 3.63) is 24.3 Å². The van der Waals surface area contributed by atoms with Crippen LogP contribution in [0.1, 0.15) is 116 Å². The minimum Gasteiger partial charge on any atom is -0.481 e. The highest BCUT2D eigenvalue weighted by Gasteiger charge is 2.01. The van der Waals surface area contributed by atoms with E-state index in [0.717, 1.165) is 44.9 Å². The van der Waals surface area contributed by atoms with Gasteiger partial charge in [0, 0.05) is 6.42 Å². The summed E-state index contributed by atoms with van der Waals surface area (Å²) in [7, 11) is 0. The molecule has 0 amide bonds. The van der Waals surface area contributed by atoms with Gasteiger partial charge in [-0.25, -0.2) is 0 Å². The molecule has 0 saturated heterocycles. The van der Waals surface area contributed by atoms with Crippen molar-refractivity contribution in [1.82, 2.24) is 0 Å². The van der Waals surface area contributed by atoms with Gasteiger partial charge >= 0.3 is 5.97 Å². The molecule has 0 radical (unpaired) electrons. The summed E-state index contributed by atoms with van der Waals surface area (Å²) in [4.78, 5) is 10.4. The van der Waals surface area contributed by atoms with E-state index < -0.39 is 5.97 Å². The van der Waals surface area contributed by atoms with E-state index in [1.807, 2.05) is 0 Å². The van der Waals surface area contributed by atoms with E-state index in [9.17, 15) is 9.90 Å². The van der Waals surface area contributed by atoms with E-state index in [1.165, 1.54) is 57.8 Å². The van der Waals surface area contributed by atoms with Crippen molar-refractivity contribution in [1.29, 1.82) is 0 Å². The maximum Gasteiger partial charge on any atom is 0.303 e. The summed E-state index contributed by atoms with van der Waals surface area (Å²) in [6.07, 6.45) is 27.0. The third-order valence-corrected chi connectivity index (χ3v) is 4.92. The summed E-state index contributed by atoms with van der Waals surface area (Å²) in [6, 6.07) is 0. The van der Waals surface area contributed by atoms with Gasteiger partial charge in [-0.05, 0) is 38.5 Å². The zero-order valence-electron chi connectivity index (χ0n) is 17.7. The maximum atomic E-state index is 10.4. The van der Waals surface area contributed by atoms with Crippen LogP contribution in [0.15, 0.2) is 24.3 Å². The third-order valence-electron chi connectivity index (χ3n) is 4.92. The monoisotopic (exact) mass is 380 g/mol. The van der Waals surface area contributed by atoms with Gasteiger partial charge in [0.1, 0.15) is 0 Å². The van der Waals surface area contributed by atoms with Crippen molar-refractivity contribution in [3.63, 3.8) is 0 Å². The van der Waals surface area contributed by atoms with E-state index in [-0.39, 0.29) is 6.10 Å². The third kappa shape index (κ3) is 22.9. The molecule has 0 aromatic carbocycles. The fourth-order valence-corrected chi connectivity index (χ4v) is 3.17. The van der Waals surface area contributed by atoms with Crippen LogP contribution < -0.4 is 0 Å². The summed E-state index contributed by atoms with van der Waals surface area (Å²) in [5, 5.41) is 18.6. The Balaban J connectivity index is 3.30. The molecular formula is C24H44O3. The highest BCUT2D eigenvalue weighted by molar-refractivity contribution is 5.66. The number of carbonyl (C=O) groups is 1. The molecule has 0 aromatic heterocycles. The predicted octanol–water partition coefficient (Wildman–Crippen LogP) is 7.20. The molecule has 2 N–H and O–H groups in total. The molecule has 0 aliphatic carbocycles. The highest BCUT2D eigenvalue weighted by atomic mass is 16.4. The van der Waals surface area contributed by atoms with Gasteiger partial charge in [-0.1, -0.05) is 95.4 Å². The van der Waals surface area contributed by atoms with Gasteiger partial charge in [-0.15, -0.1) is 0 Å². The standard InChI is InChI=1S/C24H44O3/c1-2-3-4-5-6-8-11-14-17-20-23(25)21-18-15-12-9-7-10-13-16-19-22-24(26)27/h6,8,14,17,23,25H,2-5,7,9-13,15-16,18-22H2,1H3,(H,26,27). The van der Waals surface area contributed by atoms with E-state index in [2.05, 4.69) is 31.2 Å². The fraction of sp³-hybridized carbons (Fsp3) is 0.792. The molecule has 0 fully saturated rings. The second-order valence-corrected chi connectivity index (χ2v) is 7.68. The number of hydrogen-bond acceptors (Lipinski definition) is 2. The summed E-state index contributed by atoms with van der Waals surface area (Å²) >= 11 is 0. The van der Waals surface area contributed by atoms with Gasteiger partial charge in [0.15, 0.2) is 0 Å². The molecule has 0 rings (SSSR count). The van der Waals surface area contributed by atoms with Gasteiger partial charge < -0.3 is 10.2 Å². The van der Waals surface area contributed by atoms with Gasteiger partial charge in [-0.3, -0.25) is 4.79 Å². The van der Waals surface area contributed by atoms with E-state index in [0.29, 0.717) is 6.42 Å². The van der Waals surface area contributed by atoms with Gasteiger partial charge in [-0.2, -0.15) is 0 Å². The number of carboxylic acids is 1. The van der Waals surface area contributed by atoms with Gasteiger partial charge in [0.2, 0.25) is 0 Å². The summed E-state index contributed by atoms with van der Waals surface area (Å²) in [6.45, 7) is 2.23. The highest BCUT2D eigenvalue weighted by Crippen LogP contribution is 2.13. The summed E-state index contributed by atoms with van der Waals surface area (Å²) < 4.78 is 0. The molecule has 0 aliphatic heterocycles. The number of aliphatic carboxylic acids is 1. The Bertz CT molecular complexity index is 374. The first-order chi connectivity index (χ1) is 13.2. The Kier molecular flexibility index (Phi) is 20.4. The molecule has 0 spiro atoms. The van der Waals surface area contributed by atoms with E-state index >= 15 is 0 Å². The predicted molar refractivity (Wildman–Crippen MR) is 116 cm³/mol. The lowest BCUT2D eigenvalue weighted by Crippen LogP contribution is -2.04. The van der Waals surface area contributed by atoms with E-state index in [1.54, 1.807) is 0 Å². The molecule has 0 bridgehead atoms. The molecule has 1 atom stereocenters. The van der Waals surface area contributed by atoms with Crippen molar-refractivity contribution in [3.8, 4) is 0 Å². The maximum absolute atomic E-state index is 10.4. The normalized spacial score (nSPS) is 13.0. The van der Waals surface area contributed by atoms with Crippen LogP contribution in [-0.4, -0.2) is 22.3 Å². The van der Waals surface area contributed by atoms with Crippen LogP contribution in [0.5, 0.6) is 0 Å². The number of unbranched alkanes of at least 4 members (excludes halogenated alkanes) is 11. The van der Waals surface area contributed by atoms with Crippen LogP contribution in [0.2, 0.25) is 0 Å². The zero-order chi connectivity index (χ0) is 20.0. The Labute approximate surface area is 168 Å². The lowest BCUT2D eigenvalue weighted by Gasteiger charge is -2.07. The van der Waals surface area contributed by atoms with Crippen LogP contribution in [-0.2, 0) is 4.79 Å². The molecule has 0 saturated carbocycles. The van der Waals surface area contributed by atoms with E-state index in [4.69, 9.17) is 5.11 Å². The van der Waals surface area contributed by atoms with Crippen molar-refractivity contribution in [2.45, 2.75) is 122 Å². The molecule has 3 heteroatoms. The molecule has 0 aliphatic rings. The Hall–Kier alpha value is -1.09. The largest absolute Gasteiger partial charge is 0.481 e. The Morgan fingerprint density at radius 2 is 1.37 bits per heavy atom. The second-order valence-electron chi connectivity index (χ2n) is 7.68. The lowest BCUT2D eigenvalue weighted by atomic mass is 10.0. The summed E-state index contributed by atoms with van der Waals surface area (Å²) in [5.41, 5.74) is 0. The van der Waals surface area contributed by atoms with Crippen molar-refractivity contribution in [2.75, 3.05) is 0 Å². The minimum absolute atomic E-state index is 0.191. The van der Waals surface area contributed by atoms with Crippen molar-refractivity contribution >= 4 is 5.97 Å². The molecular weight excluding hydrogens is 336 g/mol. The SMILES string of the molecule is CCCCCC=CCC=CCC(O)CCCCCCCCCCCC(=O)O. The van der Waals surface area contributed by atoms with Crippen LogP contribution >= 0.6 is 0 Å². The first kappa shape index (κ1) is 25.9. The number of allylic oxidation sites excluding steroid dienone is 3. The first-order valence-corrected chi connectivity index (χ1v) is 11.4. The van der Waals surface area contributed by atoms with Crippen LogP contribution in [0, 0.1) is 0 Å². The summed E-state index contributed by atoms with van der Waals surface area (Å²) in [5.74, 6) is -0.678. The van der Waals surface area contributed by atoms with Crippen LogP contribution in [0.4, 0.5) is 0 Å². The molecule has 27 heavy (non-hydrogen) atoms. The van der Waals surface area contributed by atoms with Crippen molar-refractivity contribution < 1.29 is 15.0 Å². The number of aliphatic hydroxyl groups excluding tert-OH is 1. The smallest absolute Gasteiger partial charge is 0.303 e. The van der Waals surface area contributed by atoms with Gasteiger partial charge in [0.25, 0.3) is 0 Å². The first-order valence-electron chi connectivity index (χ1n) is 11.4. The number of carboxylic acid groups (broad SMARTS) is 1. The number of aliphatic hydroxyl groups is 1. The molecule has 1 unspecified atom stereocenters. The minimum atomic E-state index is -0.678. The molecule has 158 valence electrons. The van der Waals surface area contributed by atoms with Gasteiger partial charge in [0.05, 0.1) is 6.10 Å². The average molecular weight is 381 g/mol. The van der Waals surface area contributed by atoms with Crippen LogP contribution in [0.25, 0.3) is 0 Å². The fourth-order valence-electron chi connectivity index (χ4n) is 3.17.